The van der Waals surface area contributed by atoms with Crippen LogP contribution in [0.5, 0.6) is 0 Å². The first-order chi connectivity index (χ1) is 11.5. The predicted molar refractivity (Wildman–Crippen MR) is 89.6 cm³/mol. The number of aryl methyl sites for hydroxylation is 1. The van der Waals surface area contributed by atoms with Crippen LogP contribution in [0.3, 0.4) is 0 Å². The van der Waals surface area contributed by atoms with Crippen molar-refractivity contribution in [2.45, 2.75) is 13.5 Å². The molecule has 0 bridgehead atoms. The molecule has 0 spiro atoms. The first-order valence-electron chi connectivity index (χ1n) is 7.39. The van der Waals surface area contributed by atoms with Crippen molar-refractivity contribution in [3.05, 3.63) is 64.5 Å². The summed E-state index contributed by atoms with van der Waals surface area (Å²) in [5.74, 6) is -1.24. The van der Waals surface area contributed by atoms with Gasteiger partial charge in [0.05, 0.1) is 12.7 Å². The molecular weight excluding hydrogens is 311 g/mol. The minimum absolute atomic E-state index is 0.156. The highest BCUT2D eigenvalue weighted by Crippen LogP contribution is 2.19. The monoisotopic (exact) mass is 330 g/mol. The Labute approximate surface area is 139 Å². The second-order valence-corrected chi connectivity index (χ2v) is 5.26. The van der Waals surface area contributed by atoms with Gasteiger partial charge in [-0.3, -0.25) is 4.79 Å². The van der Waals surface area contributed by atoms with Gasteiger partial charge in [0.2, 0.25) is 0 Å². The largest absolute Gasteiger partial charge is 0.465 e. The van der Waals surface area contributed by atoms with Crippen molar-refractivity contribution in [2.75, 3.05) is 19.5 Å². The zero-order valence-electron chi connectivity index (χ0n) is 13.8. The maximum Gasteiger partial charge on any atom is 0.338 e. The molecule has 0 fully saturated rings. The molecule has 0 saturated heterocycles. The summed E-state index contributed by atoms with van der Waals surface area (Å²) in [4.78, 5) is 23.4. The Kier molecular flexibility index (Phi) is 5.52. The normalized spacial score (nSPS) is 10.2. The molecule has 1 amide bonds. The molecule has 0 atom stereocenters. The molecule has 0 aliphatic carbocycles. The molecule has 2 aromatic rings. The van der Waals surface area contributed by atoms with Gasteiger partial charge in [-0.1, -0.05) is 6.07 Å². The van der Waals surface area contributed by atoms with Crippen LogP contribution in [0.2, 0.25) is 0 Å². The number of hydrogen-bond donors (Lipinski definition) is 2. The smallest absolute Gasteiger partial charge is 0.338 e. The van der Waals surface area contributed by atoms with Gasteiger partial charge in [0.15, 0.2) is 0 Å². The summed E-state index contributed by atoms with van der Waals surface area (Å²) in [6, 6.07) is 9.27. The number of amides is 1. The number of carbonyl (C=O) groups excluding carboxylic acids is 2. The van der Waals surface area contributed by atoms with Crippen LogP contribution in [0.1, 0.15) is 31.8 Å². The van der Waals surface area contributed by atoms with E-state index in [1.54, 1.807) is 31.3 Å². The third kappa shape index (κ3) is 3.90. The van der Waals surface area contributed by atoms with Gasteiger partial charge in [0.1, 0.15) is 5.82 Å². The number of anilines is 1. The number of ether oxygens (including phenoxy) is 1. The van der Waals surface area contributed by atoms with Crippen LogP contribution in [-0.4, -0.2) is 26.0 Å². The fourth-order valence-corrected chi connectivity index (χ4v) is 2.34. The Bertz CT molecular complexity index is 775. The number of halogens is 1. The Morgan fingerprint density at radius 1 is 1.17 bits per heavy atom. The molecule has 0 unspecified atom stereocenters. The van der Waals surface area contributed by atoms with Gasteiger partial charge in [0.25, 0.3) is 5.91 Å². The van der Waals surface area contributed by atoms with Crippen LogP contribution in [0.4, 0.5) is 10.1 Å². The van der Waals surface area contributed by atoms with E-state index in [2.05, 4.69) is 15.4 Å². The van der Waals surface area contributed by atoms with E-state index in [0.717, 1.165) is 17.3 Å². The van der Waals surface area contributed by atoms with Gasteiger partial charge in [-0.25, -0.2) is 9.18 Å². The van der Waals surface area contributed by atoms with E-state index < -0.39 is 11.8 Å². The third-order valence-corrected chi connectivity index (χ3v) is 3.66. The Hall–Kier alpha value is -2.89. The van der Waals surface area contributed by atoms with Crippen molar-refractivity contribution in [2.24, 2.45) is 0 Å². The van der Waals surface area contributed by atoms with Crippen LogP contribution in [0.15, 0.2) is 36.4 Å². The van der Waals surface area contributed by atoms with Crippen molar-refractivity contribution in [3.8, 4) is 0 Å². The lowest BCUT2D eigenvalue weighted by atomic mass is 10.1. The average Bonchev–Trinajstić information content (AvgIpc) is 2.59. The van der Waals surface area contributed by atoms with Crippen molar-refractivity contribution in [1.82, 2.24) is 5.32 Å². The van der Waals surface area contributed by atoms with Gasteiger partial charge in [-0.05, 0) is 48.4 Å². The SMILES string of the molecule is CNC(=O)c1ccc(NCc2ccc(F)cc2C(=O)OC)c(C)c1. The lowest BCUT2D eigenvalue weighted by Gasteiger charge is -2.13. The molecule has 0 saturated carbocycles. The van der Waals surface area contributed by atoms with E-state index in [1.165, 1.54) is 13.2 Å². The van der Waals surface area contributed by atoms with Crippen LogP contribution < -0.4 is 10.6 Å². The first-order valence-corrected chi connectivity index (χ1v) is 7.39. The van der Waals surface area contributed by atoms with E-state index >= 15 is 0 Å². The van der Waals surface area contributed by atoms with Crippen molar-refractivity contribution in [3.63, 3.8) is 0 Å². The molecular formula is C18H19FN2O3. The highest BCUT2D eigenvalue weighted by molar-refractivity contribution is 5.94. The molecule has 0 heterocycles. The predicted octanol–water partition coefficient (Wildman–Crippen LogP) is 2.89. The summed E-state index contributed by atoms with van der Waals surface area (Å²) < 4.78 is 18.0. The summed E-state index contributed by atoms with van der Waals surface area (Å²) in [6.45, 7) is 2.20. The Morgan fingerprint density at radius 2 is 1.92 bits per heavy atom. The van der Waals surface area contributed by atoms with E-state index in [-0.39, 0.29) is 11.5 Å². The van der Waals surface area contributed by atoms with Gasteiger partial charge in [-0.2, -0.15) is 0 Å². The van der Waals surface area contributed by atoms with Gasteiger partial charge < -0.3 is 15.4 Å². The van der Waals surface area contributed by atoms with E-state index in [0.29, 0.717) is 17.7 Å². The highest BCUT2D eigenvalue weighted by atomic mass is 19.1. The molecule has 24 heavy (non-hydrogen) atoms. The minimum Gasteiger partial charge on any atom is -0.465 e. The summed E-state index contributed by atoms with van der Waals surface area (Å²) in [7, 11) is 2.83. The summed E-state index contributed by atoms with van der Waals surface area (Å²) in [5.41, 5.74) is 3.08. The number of esters is 1. The first kappa shape index (κ1) is 17.5. The molecule has 2 rings (SSSR count). The Balaban J connectivity index is 2.20. The summed E-state index contributed by atoms with van der Waals surface area (Å²) in [5, 5.41) is 5.76. The molecule has 2 N–H and O–H groups in total. The fraction of sp³-hybridized carbons (Fsp3) is 0.222. The van der Waals surface area contributed by atoms with E-state index in [1.807, 2.05) is 6.92 Å². The zero-order valence-corrected chi connectivity index (χ0v) is 13.8. The lowest BCUT2D eigenvalue weighted by molar-refractivity contribution is 0.0599. The molecule has 0 aromatic heterocycles. The topological polar surface area (TPSA) is 67.4 Å². The third-order valence-electron chi connectivity index (χ3n) is 3.66. The number of nitrogens with one attached hydrogen (secondary N) is 2. The van der Waals surface area contributed by atoms with Gasteiger partial charge >= 0.3 is 5.97 Å². The number of hydrogen-bond acceptors (Lipinski definition) is 4. The molecule has 0 radical (unpaired) electrons. The molecule has 126 valence electrons. The number of benzene rings is 2. The highest BCUT2D eigenvalue weighted by Gasteiger charge is 2.13. The minimum atomic E-state index is -0.585. The number of carbonyl (C=O) groups is 2. The van der Waals surface area contributed by atoms with Crippen LogP contribution in [-0.2, 0) is 11.3 Å². The quantitative estimate of drug-likeness (QED) is 0.827. The average molecular weight is 330 g/mol. The van der Waals surface area contributed by atoms with E-state index in [9.17, 15) is 14.0 Å². The maximum absolute atomic E-state index is 13.4. The van der Waals surface area contributed by atoms with Crippen LogP contribution in [0.25, 0.3) is 0 Å². The van der Waals surface area contributed by atoms with Crippen molar-refractivity contribution < 1.29 is 18.7 Å². The van der Waals surface area contributed by atoms with Crippen LogP contribution in [0, 0.1) is 12.7 Å². The standard InChI is InChI=1S/C18H19FN2O3/c1-11-8-12(17(22)20-2)5-7-16(11)21-10-13-4-6-14(19)9-15(13)18(23)24-3/h4-9,21H,10H2,1-3H3,(H,20,22). The number of rotatable bonds is 5. The zero-order chi connectivity index (χ0) is 17.7. The molecule has 0 aliphatic heterocycles. The molecule has 6 heteroatoms. The van der Waals surface area contributed by atoms with Crippen LogP contribution >= 0.6 is 0 Å². The molecule has 2 aromatic carbocycles. The van der Waals surface area contributed by atoms with Crippen molar-refractivity contribution in [1.29, 1.82) is 0 Å². The summed E-state index contributed by atoms with van der Waals surface area (Å²) >= 11 is 0. The van der Waals surface area contributed by atoms with Crippen molar-refractivity contribution >= 4 is 17.6 Å². The van der Waals surface area contributed by atoms with E-state index in [4.69, 9.17) is 0 Å². The second-order valence-electron chi connectivity index (χ2n) is 5.26. The lowest BCUT2D eigenvalue weighted by Crippen LogP contribution is -2.18. The summed E-state index contributed by atoms with van der Waals surface area (Å²) in [6.07, 6.45) is 0. The van der Waals surface area contributed by atoms with Gasteiger partial charge in [-0.15, -0.1) is 0 Å². The molecule has 5 nitrogen and oxygen atoms in total. The second kappa shape index (κ2) is 7.59. The number of methoxy groups -OCH3 is 1. The van der Waals surface area contributed by atoms with Gasteiger partial charge in [0, 0.05) is 24.8 Å². The molecule has 0 aliphatic rings. The maximum atomic E-state index is 13.4. The fourth-order valence-electron chi connectivity index (χ4n) is 2.34. The Morgan fingerprint density at radius 3 is 2.54 bits per heavy atom.